The Bertz CT molecular complexity index is 479. The molecule has 2 nitrogen and oxygen atoms in total. The minimum absolute atomic E-state index is 0.142. The van der Waals surface area contributed by atoms with E-state index in [1.807, 2.05) is 34.7 Å². The first-order valence-corrected chi connectivity index (χ1v) is 6.98. The van der Waals surface area contributed by atoms with E-state index in [0.29, 0.717) is 5.56 Å². The van der Waals surface area contributed by atoms with Crippen LogP contribution in [0.3, 0.4) is 0 Å². The Hall–Kier alpha value is -1.00. The monoisotopic (exact) mass is 283 g/mol. The van der Waals surface area contributed by atoms with Gasteiger partial charge in [-0.05, 0) is 58.9 Å². The zero-order valence-electron chi connectivity index (χ0n) is 12.8. The fourth-order valence-electron chi connectivity index (χ4n) is 3.48. The molecule has 0 radical (unpaired) electrons. The molecule has 0 aromatic heterocycles. The van der Waals surface area contributed by atoms with Crippen LogP contribution < -0.4 is 5.32 Å². The average molecular weight is 283 g/mol. The standard InChI is InChI=1S/C16H23F2NO/c1-15(2)9-13(16(3,4)20-15)14(19-5)10-6-11(17)8-12(18)7-10/h6-8,13-14,19H,9H2,1-5H3. The molecule has 1 aromatic rings. The molecule has 112 valence electrons. The highest BCUT2D eigenvalue weighted by Gasteiger charge is 2.49. The summed E-state index contributed by atoms with van der Waals surface area (Å²) in [6, 6.07) is 3.55. The van der Waals surface area contributed by atoms with E-state index in [9.17, 15) is 8.78 Å². The van der Waals surface area contributed by atoms with Crippen LogP contribution in [0.5, 0.6) is 0 Å². The lowest BCUT2D eigenvalue weighted by Crippen LogP contribution is -2.37. The minimum Gasteiger partial charge on any atom is -0.369 e. The molecule has 1 aromatic carbocycles. The second-order valence-corrected chi connectivity index (χ2v) is 6.74. The Morgan fingerprint density at radius 3 is 2.10 bits per heavy atom. The van der Waals surface area contributed by atoms with E-state index in [2.05, 4.69) is 5.32 Å². The molecule has 0 spiro atoms. The molecular formula is C16H23F2NO. The molecule has 0 aliphatic carbocycles. The van der Waals surface area contributed by atoms with Crippen molar-refractivity contribution in [3.8, 4) is 0 Å². The molecule has 2 rings (SSSR count). The highest BCUT2D eigenvalue weighted by atomic mass is 19.1. The molecule has 20 heavy (non-hydrogen) atoms. The van der Waals surface area contributed by atoms with Crippen LogP contribution in [0.15, 0.2) is 18.2 Å². The van der Waals surface area contributed by atoms with Crippen molar-refractivity contribution < 1.29 is 13.5 Å². The quantitative estimate of drug-likeness (QED) is 0.910. The van der Waals surface area contributed by atoms with Gasteiger partial charge in [0.1, 0.15) is 11.6 Å². The van der Waals surface area contributed by atoms with Crippen LogP contribution in [0.2, 0.25) is 0 Å². The van der Waals surface area contributed by atoms with Crippen molar-refractivity contribution in [1.82, 2.24) is 5.32 Å². The molecular weight excluding hydrogens is 260 g/mol. The van der Waals surface area contributed by atoms with Gasteiger partial charge in [-0.2, -0.15) is 0 Å². The van der Waals surface area contributed by atoms with E-state index in [1.165, 1.54) is 12.1 Å². The van der Waals surface area contributed by atoms with Gasteiger partial charge in [-0.1, -0.05) is 0 Å². The summed E-state index contributed by atoms with van der Waals surface area (Å²) in [6.45, 7) is 8.17. The Morgan fingerprint density at radius 1 is 1.15 bits per heavy atom. The maximum absolute atomic E-state index is 13.5. The summed E-state index contributed by atoms with van der Waals surface area (Å²) in [5.41, 5.74) is 0.0548. The van der Waals surface area contributed by atoms with E-state index >= 15 is 0 Å². The predicted molar refractivity (Wildman–Crippen MR) is 75.5 cm³/mol. The Morgan fingerprint density at radius 2 is 1.70 bits per heavy atom. The highest BCUT2D eigenvalue weighted by molar-refractivity contribution is 5.23. The average Bonchev–Trinajstić information content (AvgIpc) is 2.46. The number of halogens is 2. The summed E-state index contributed by atoms with van der Waals surface area (Å²) in [4.78, 5) is 0. The maximum Gasteiger partial charge on any atom is 0.126 e. The van der Waals surface area contributed by atoms with E-state index in [4.69, 9.17) is 4.74 Å². The lowest BCUT2D eigenvalue weighted by Gasteiger charge is -2.33. The van der Waals surface area contributed by atoms with Gasteiger partial charge in [0.25, 0.3) is 0 Å². The van der Waals surface area contributed by atoms with Crippen LogP contribution in [0.25, 0.3) is 0 Å². The molecule has 1 fully saturated rings. The van der Waals surface area contributed by atoms with Crippen molar-refractivity contribution in [3.05, 3.63) is 35.4 Å². The lowest BCUT2D eigenvalue weighted by atomic mass is 9.79. The maximum atomic E-state index is 13.5. The topological polar surface area (TPSA) is 21.3 Å². The predicted octanol–water partition coefficient (Wildman–Crippen LogP) is 3.82. The van der Waals surface area contributed by atoms with Gasteiger partial charge >= 0.3 is 0 Å². The van der Waals surface area contributed by atoms with Crippen molar-refractivity contribution in [1.29, 1.82) is 0 Å². The summed E-state index contributed by atoms with van der Waals surface area (Å²) < 4.78 is 33.0. The second-order valence-electron chi connectivity index (χ2n) is 6.74. The Balaban J connectivity index is 2.37. The summed E-state index contributed by atoms with van der Waals surface area (Å²) in [7, 11) is 1.81. The van der Waals surface area contributed by atoms with Gasteiger partial charge in [0.05, 0.1) is 11.2 Å². The van der Waals surface area contributed by atoms with Crippen molar-refractivity contribution in [3.63, 3.8) is 0 Å². The molecule has 0 saturated carbocycles. The third kappa shape index (κ3) is 3.01. The van der Waals surface area contributed by atoms with Crippen LogP contribution in [0.4, 0.5) is 8.78 Å². The van der Waals surface area contributed by atoms with Crippen molar-refractivity contribution in [2.24, 2.45) is 5.92 Å². The number of ether oxygens (including phenoxy) is 1. The van der Waals surface area contributed by atoms with Crippen molar-refractivity contribution in [2.45, 2.75) is 51.4 Å². The summed E-state index contributed by atoms with van der Waals surface area (Å²) >= 11 is 0. The van der Waals surface area contributed by atoms with Crippen LogP contribution in [-0.4, -0.2) is 18.2 Å². The van der Waals surface area contributed by atoms with Gasteiger partial charge < -0.3 is 10.1 Å². The molecule has 1 saturated heterocycles. The molecule has 0 amide bonds. The van der Waals surface area contributed by atoms with Crippen LogP contribution >= 0.6 is 0 Å². The first-order valence-electron chi connectivity index (χ1n) is 6.98. The van der Waals surface area contributed by atoms with E-state index in [1.54, 1.807) is 0 Å². The molecule has 2 unspecified atom stereocenters. The summed E-state index contributed by atoms with van der Waals surface area (Å²) in [5.74, 6) is -0.948. The second kappa shape index (κ2) is 5.08. The van der Waals surface area contributed by atoms with Gasteiger partial charge in [0.2, 0.25) is 0 Å². The fraction of sp³-hybridized carbons (Fsp3) is 0.625. The third-order valence-electron chi connectivity index (χ3n) is 4.10. The number of rotatable bonds is 3. The van der Waals surface area contributed by atoms with Crippen molar-refractivity contribution >= 4 is 0 Å². The normalized spacial score (nSPS) is 25.6. The SMILES string of the molecule is CNC(c1cc(F)cc(F)c1)C1CC(C)(C)OC1(C)C. The fourth-order valence-corrected chi connectivity index (χ4v) is 3.48. The van der Waals surface area contributed by atoms with Crippen LogP contribution in [-0.2, 0) is 4.74 Å². The van der Waals surface area contributed by atoms with E-state index in [0.717, 1.165) is 12.5 Å². The van der Waals surface area contributed by atoms with Crippen LogP contribution in [0.1, 0.15) is 45.7 Å². The number of hydrogen-bond donors (Lipinski definition) is 1. The molecule has 1 aliphatic rings. The molecule has 0 bridgehead atoms. The zero-order valence-corrected chi connectivity index (χ0v) is 12.8. The van der Waals surface area contributed by atoms with Gasteiger partial charge in [-0.3, -0.25) is 0 Å². The molecule has 4 heteroatoms. The smallest absolute Gasteiger partial charge is 0.126 e. The third-order valence-corrected chi connectivity index (χ3v) is 4.10. The van der Waals surface area contributed by atoms with Crippen LogP contribution in [0, 0.1) is 17.6 Å². The number of benzene rings is 1. The van der Waals surface area contributed by atoms with E-state index < -0.39 is 11.6 Å². The molecule has 1 aliphatic heterocycles. The van der Waals surface area contributed by atoms with Crippen molar-refractivity contribution in [2.75, 3.05) is 7.05 Å². The number of nitrogens with one attached hydrogen (secondary N) is 1. The molecule has 2 atom stereocenters. The Kier molecular flexibility index (Phi) is 3.91. The first kappa shape index (κ1) is 15.4. The summed E-state index contributed by atoms with van der Waals surface area (Å²) in [5, 5.41) is 3.19. The van der Waals surface area contributed by atoms with Gasteiger partial charge in [0.15, 0.2) is 0 Å². The lowest BCUT2D eigenvalue weighted by molar-refractivity contribution is -0.0777. The molecule has 1 N–H and O–H groups in total. The molecule has 1 heterocycles. The van der Waals surface area contributed by atoms with Gasteiger partial charge in [0, 0.05) is 18.0 Å². The highest BCUT2D eigenvalue weighted by Crippen LogP contribution is 2.47. The largest absolute Gasteiger partial charge is 0.369 e. The van der Waals surface area contributed by atoms with Gasteiger partial charge in [-0.25, -0.2) is 8.78 Å². The zero-order chi connectivity index (χ0) is 15.1. The van der Waals surface area contributed by atoms with E-state index in [-0.39, 0.29) is 23.2 Å². The Labute approximate surface area is 119 Å². The minimum atomic E-state index is -0.545. The van der Waals surface area contributed by atoms with Gasteiger partial charge in [-0.15, -0.1) is 0 Å². The number of hydrogen-bond acceptors (Lipinski definition) is 2. The first-order chi connectivity index (χ1) is 9.14. The summed E-state index contributed by atoms with van der Waals surface area (Å²) in [6.07, 6.45) is 0.837.